The van der Waals surface area contributed by atoms with E-state index in [9.17, 15) is 4.79 Å². The number of rotatable bonds is 2. The monoisotopic (exact) mass is 329 g/mol. The number of hydrogen-bond acceptors (Lipinski definition) is 5. The Kier molecular flexibility index (Phi) is 3.45. The molecule has 0 aliphatic carbocycles. The average Bonchev–Trinajstić information content (AvgIpc) is 3.22. The molecular formula is C17H19N3O4. The molecule has 7 nitrogen and oxygen atoms in total. The zero-order valence-electron chi connectivity index (χ0n) is 13.7. The Labute approximate surface area is 139 Å². The van der Waals surface area contributed by atoms with Crippen LogP contribution in [0.4, 0.5) is 0 Å². The molecule has 4 rings (SSSR count). The topological polar surface area (TPSA) is 65.8 Å². The minimum atomic E-state index is -0.572. The Morgan fingerprint density at radius 3 is 3.00 bits per heavy atom. The van der Waals surface area contributed by atoms with Crippen LogP contribution >= 0.6 is 0 Å². The molecule has 2 aromatic rings. The smallest absolute Gasteiger partial charge is 0.257 e. The number of benzene rings is 1. The first-order valence-corrected chi connectivity index (χ1v) is 7.88. The van der Waals surface area contributed by atoms with Crippen LogP contribution in [0.2, 0.25) is 0 Å². The van der Waals surface area contributed by atoms with E-state index in [0.29, 0.717) is 36.8 Å². The fraction of sp³-hybridized carbons (Fsp3) is 0.412. The van der Waals surface area contributed by atoms with Crippen LogP contribution in [-0.4, -0.2) is 47.1 Å². The van der Waals surface area contributed by atoms with Gasteiger partial charge in [-0.1, -0.05) is 6.07 Å². The Morgan fingerprint density at radius 2 is 2.21 bits per heavy atom. The summed E-state index contributed by atoms with van der Waals surface area (Å²) in [6.07, 6.45) is 3.70. The summed E-state index contributed by atoms with van der Waals surface area (Å²) < 4.78 is 18.5. The molecule has 24 heavy (non-hydrogen) atoms. The molecular weight excluding hydrogens is 310 g/mol. The van der Waals surface area contributed by atoms with E-state index in [0.717, 1.165) is 5.56 Å². The number of aromatic nitrogens is 2. The lowest BCUT2D eigenvalue weighted by Gasteiger charge is -2.40. The second-order valence-electron chi connectivity index (χ2n) is 6.25. The number of para-hydroxylation sites is 1. The maximum absolute atomic E-state index is 13.0. The van der Waals surface area contributed by atoms with Gasteiger partial charge in [0.2, 0.25) is 6.79 Å². The summed E-state index contributed by atoms with van der Waals surface area (Å²) in [5, 5.41) is 4.21. The summed E-state index contributed by atoms with van der Waals surface area (Å²) in [5.74, 6) is 1.07. The Morgan fingerprint density at radius 1 is 1.33 bits per heavy atom. The lowest BCUT2D eigenvalue weighted by molar-refractivity contribution is -0.0931. The van der Waals surface area contributed by atoms with Crippen molar-refractivity contribution < 1.29 is 19.0 Å². The molecule has 1 atom stereocenters. The van der Waals surface area contributed by atoms with E-state index in [1.807, 2.05) is 26.2 Å². The number of carbonyl (C=O) groups is 1. The van der Waals surface area contributed by atoms with Crippen molar-refractivity contribution >= 4 is 5.91 Å². The highest BCUT2D eigenvalue weighted by molar-refractivity contribution is 5.98. The van der Waals surface area contributed by atoms with Gasteiger partial charge in [-0.3, -0.25) is 9.48 Å². The summed E-state index contributed by atoms with van der Waals surface area (Å²) >= 11 is 0. The van der Waals surface area contributed by atoms with E-state index < -0.39 is 5.60 Å². The Hall–Kier alpha value is -2.54. The molecule has 1 amide bonds. The van der Waals surface area contributed by atoms with Crippen LogP contribution < -0.4 is 9.47 Å². The third kappa shape index (κ3) is 2.41. The van der Waals surface area contributed by atoms with Crippen molar-refractivity contribution in [2.24, 2.45) is 7.05 Å². The van der Waals surface area contributed by atoms with Crippen molar-refractivity contribution in [2.45, 2.75) is 12.5 Å². The Bertz CT molecular complexity index is 788. The highest BCUT2D eigenvalue weighted by Crippen LogP contribution is 2.37. The zero-order chi connectivity index (χ0) is 16.7. The van der Waals surface area contributed by atoms with E-state index in [2.05, 4.69) is 5.10 Å². The number of morpholine rings is 1. The molecule has 0 radical (unpaired) electrons. The van der Waals surface area contributed by atoms with Crippen LogP contribution in [-0.2, 0) is 17.4 Å². The summed E-state index contributed by atoms with van der Waals surface area (Å²) in [4.78, 5) is 14.8. The molecule has 0 spiro atoms. The molecule has 2 aliphatic heterocycles. The fourth-order valence-corrected chi connectivity index (χ4v) is 3.18. The van der Waals surface area contributed by atoms with Gasteiger partial charge < -0.3 is 19.1 Å². The molecule has 1 aromatic carbocycles. The maximum Gasteiger partial charge on any atom is 0.257 e. The summed E-state index contributed by atoms with van der Waals surface area (Å²) in [7, 11) is 1.86. The van der Waals surface area contributed by atoms with Gasteiger partial charge in [-0.25, -0.2) is 0 Å². The van der Waals surface area contributed by atoms with Crippen LogP contribution in [0.3, 0.4) is 0 Å². The summed E-state index contributed by atoms with van der Waals surface area (Å²) in [6, 6.07) is 5.38. The number of ether oxygens (including phenoxy) is 3. The van der Waals surface area contributed by atoms with Gasteiger partial charge in [-0.05, 0) is 19.1 Å². The first-order chi connectivity index (χ1) is 11.6. The van der Waals surface area contributed by atoms with Crippen LogP contribution in [0.15, 0.2) is 30.6 Å². The van der Waals surface area contributed by atoms with Crippen molar-refractivity contribution in [1.29, 1.82) is 0 Å². The maximum atomic E-state index is 13.0. The SMILES string of the molecule is Cn1cc(C2(C)CN(C(=O)c3cccc4c3OCO4)CCO2)cn1. The normalized spacial score (nSPS) is 22.7. The molecule has 1 fully saturated rings. The van der Waals surface area contributed by atoms with Gasteiger partial charge in [-0.2, -0.15) is 5.10 Å². The lowest BCUT2D eigenvalue weighted by Crippen LogP contribution is -2.50. The highest BCUT2D eigenvalue weighted by atomic mass is 16.7. The number of nitrogens with zero attached hydrogens (tertiary/aromatic N) is 3. The standard InChI is InChI=1S/C17H19N3O4/c1-17(12-8-18-19(2)9-12)10-20(6-7-24-17)16(21)13-4-3-5-14-15(13)23-11-22-14/h3-5,8-9H,6-7,10-11H2,1-2H3. The fourth-order valence-electron chi connectivity index (χ4n) is 3.18. The largest absolute Gasteiger partial charge is 0.454 e. The predicted molar refractivity (Wildman–Crippen MR) is 85.0 cm³/mol. The number of hydrogen-bond donors (Lipinski definition) is 0. The zero-order valence-corrected chi connectivity index (χ0v) is 13.7. The quantitative estimate of drug-likeness (QED) is 0.836. The molecule has 126 valence electrons. The molecule has 1 aromatic heterocycles. The van der Waals surface area contributed by atoms with Crippen LogP contribution in [0.5, 0.6) is 11.5 Å². The average molecular weight is 329 g/mol. The Balaban J connectivity index is 1.61. The van der Waals surface area contributed by atoms with Gasteiger partial charge in [0, 0.05) is 25.4 Å². The molecule has 1 saturated heterocycles. The molecule has 3 heterocycles. The lowest BCUT2D eigenvalue weighted by atomic mass is 9.96. The summed E-state index contributed by atoms with van der Waals surface area (Å²) in [6.45, 7) is 3.61. The minimum absolute atomic E-state index is 0.0734. The van der Waals surface area contributed by atoms with Gasteiger partial charge in [-0.15, -0.1) is 0 Å². The third-order valence-corrected chi connectivity index (χ3v) is 4.50. The highest BCUT2D eigenvalue weighted by Gasteiger charge is 2.38. The van der Waals surface area contributed by atoms with E-state index in [1.54, 1.807) is 27.9 Å². The molecule has 1 unspecified atom stereocenters. The minimum Gasteiger partial charge on any atom is -0.454 e. The van der Waals surface area contributed by atoms with Gasteiger partial charge in [0.15, 0.2) is 11.5 Å². The van der Waals surface area contributed by atoms with Crippen LogP contribution in [0.25, 0.3) is 0 Å². The van der Waals surface area contributed by atoms with Crippen molar-refractivity contribution in [3.8, 4) is 11.5 Å². The van der Waals surface area contributed by atoms with Gasteiger partial charge in [0.05, 0.1) is 24.9 Å². The number of carbonyl (C=O) groups excluding carboxylic acids is 1. The molecule has 7 heteroatoms. The van der Waals surface area contributed by atoms with Crippen molar-refractivity contribution in [3.63, 3.8) is 0 Å². The first kappa shape index (κ1) is 15.0. The van der Waals surface area contributed by atoms with Gasteiger partial charge >= 0.3 is 0 Å². The van der Waals surface area contributed by atoms with Crippen molar-refractivity contribution in [1.82, 2.24) is 14.7 Å². The second kappa shape index (κ2) is 5.52. The molecule has 0 saturated carbocycles. The van der Waals surface area contributed by atoms with Gasteiger partial charge in [0.25, 0.3) is 5.91 Å². The van der Waals surface area contributed by atoms with Crippen molar-refractivity contribution in [3.05, 3.63) is 41.7 Å². The van der Waals surface area contributed by atoms with E-state index >= 15 is 0 Å². The summed E-state index contributed by atoms with van der Waals surface area (Å²) in [5.41, 5.74) is 0.915. The van der Waals surface area contributed by atoms with Crippen LogP contribution in [0, 0.1) is 0 Å². The predicted octanol–water partition coefficient (Wildman–Crippen LogP) is 1.54. The van der Waals surface area contributed by atoms with Crippen molar-refractivity contribution in [2.75, 3.05) is 26.5 Å². The third-order valence-electron chi connectivity index (χ3n) is 4.50. The van der Waals surface area contributed by atoms with Gasteiger partial charge in [0.1, 0.15) is 5.60 Å². The number of amides is 1. The van der Waals surface area contributed by atoms with E-state index in [-0.39, 0.29) is 12.7 Å². The van der Waals surface area contributed by atoms with E-state index in [1.165, 1.54) is 0 Å². The van der Waals surface area contributed by atoms with Crippen LogP contribution in [0.1, 0.15) is 22.8 Å². The van der Waals surface area contributed by atoms with E-state index in [4.69, 9.17) is 14.2 Å². The molecule has 0 bridgehead atoms. The first-order valence-electron chi connectivity index (χ1n) is 7.88. The number of fused-ring (bicyclic) bond motifs is 1. The molecule has 2 aliphatic rings. The number of aryl methyl sites for hydroxylation is 1. The molecule has 0 N–H and O–H groups in total. The second-order valence-corrected chi connectivity index (χ2v) is 6.25.